The van der Waals surface area contributed by atoms with Crippen molar-refractivity contribution < 1.29 is 10.0 Å². The molecular formula is C12H13ClN6O2. The Labute approximate surface area is 125 Å². The number of urea groups is 1. The highest BCUT2D eigenvalue weighted by atomic mass is 35.5. The van der Waals surface area contributed by atoms with Gasteiger partial charge in [0.15, 0.2) is 5.84 Å². The Kier molecular flexibility index (Phi) is 4.29. The molecule has 110 valence electrons. The van der Waals surface area contributed by atoms with Gasteiger partial charge in [-0.15, -0.1) is 0 Å². The number of nitrogens with one attached hydrogen (secondary N) is 2. The van der Waals surface area contributed by atoms with E-state index in [1.54, 1.807) is 31.3 Å². The number of amides is 2. The molecule has 2 rings (SSSR count). The van der Waals surface area contributed by atoms with E-state index >= 15 is 0 Å². The van der Waals surface area contributed by atoms with Crippen LogP contribution in [0.4, 0.5) is 16.3 Å². The molecular weight excluding hydrogens is 296 g/mol. The average molecular weight is 309 g/mol. The van der Waals surface area contributed by atoms with Crippen LogP contribution in [0.15, 0.2) is 35.6 Å². The lowest BCUT2D eigenvalue weighted by Crippen LogP contribution is -2.24. The summed E-state index contributed by atoms with van der Waals surface area (Å²) >= 11 is 5.95. The minimum absolute atomic E-state index is 0.156. The number of amidine groups is 1. The molecule has 8 nitrogen and oxygen atoms in total. The second kappa shape index (κ2) is 6.14. The van der Waals surface area contributed by atoms with Gasteiger partial charge in [0.25, 0.3) is 0 Å². The molecule has 0 aliphatic rings. The van der Waals surface area contributed by atoms with Gasteiger partial charge in [-0.1, -0.05) is 28.9 Å². The molecule has 0 radical (unpaired) electrons. The zero-order valence-electron chi connectivity index (χ0n) is 11.0. The van der Waals surface area contributed by atoms with E-state index in [0.29, 0.717) is 16.3 Å². The largest absolute Gasteiger partial charge is 0.409 e. The predicted octanol–water partition coefficient (Wildman–Crippen LogP) is 1.81. The highest BCUT2D eigenvalue weighted by Crippen LogP contribution is 2.21. The maximum absolute atomic E-state index is 12.0. The van der Waals surface area contributed by atoms with Crippen LogP contribution >= 0.6 is 11.6 Å². The van der Waals surface area contributed by atoms with Crippen LogP contribution in [-0.2, 0) is 7.05 Å². The molecule has 2 amide bonds. The van der Waals surface area contributed by atoms with Gasteiger partial charge in [-0.25, -0.2) is 4.79 Å². The number of anilines is 2. The van der Waals surface area contributed by atoms with Crippen molar-refractivity contribution >= 4 is 35.0 Å². The van der Waals surface area contributed by atoms with Crippen molar-refractivity contribution in [2.75, 3.05) is 10.6 Å². The number of halogens is 1. The smallest absolute Gasteiger partial charge is 0.324 e. The second-order valence-corrected chi connectivity index (χ2v) is 4.48. The fourth-order valence-electron chi connectivity index (χ4n) is 1.65. The quantitative estimate of drug-likeness (QED) is 0.299. The number of aryl methyl sites for hydroxylation is 1. The van der Waals surface area contributed by atoms with E-state index in [1.165, 1.54) is 10.9 Å². The van der Waals surface area contributed by atoms with E-state index in [4.69, 9.17) is 22.5 Å². The first-order chi connectivity index (χ1) is 10.0. The molecule has 0 aliphatic carbocycles. The number of para-hydroxylation sites is 1. The van der Waals surface area contributed by atoms with Gasteiger partial charge in [-0.05, 0) is 12.1 Å². The minimum Gasteiger partial charge on any atom is -0.409 e. The Balaban J connectivity index is 2.17. The number of benzene rings is 1. The number of nitrogens with zero attached hydrogens (tertiary/aromatic N) is 3. The second-order valence-electron chi connectivity index (χ2n) is 4.07. The Morgan fingerprint density at radius 3 is 2.81 bits per heavy atom. The zero-order valence-corrected chi connectivity index (χ0v) is 11.8. The zero-order chi connectivity index (χ0) is 15.4. The minimum atomic E-state index is -0.529. The molecule has 0 saturated carbocycles. The fourth-order valence-corrected chi connectivity index (χ4v) is 1.83. The number of hydrogen-bond acceptors (Lipinski definition) is 4. The normalized spacial score (nSPS) is 11.2. The van der Waals surface area contributed by atoms with Crippen LogP contribution in [0.5, 0.6) is 0 Å². The van der Waals surface area contributed by atoms with Gasteiger partial charge in [-0.2, -0.15) is 5.10 Å². The van der Waals surface area contributed by atoms with Gasteiger partial charge in [0.2, 0.25) is 0 Å². The maximum atomic E-state index is 12.0. The molecule has 9 heteroatoms. The van der Waals surface area contributed by atoms with Crippen LogP contribution in [0.3, 0.4) is 0 Å². The molecule has 1 aromatic carbocycles. The summed E-state index contributed by atoms with van der Waals surface area (Å²) in [6, 6.07) is 6.29. The van der Waals surface area contributed by atoms with Crippen molar-refractivity contribution in [3.63, 3.8) is 0 Å². The molecule has 0 unspecified atom stereocenters. The van der Waals surface area contributed by atoms with Crippen LogP contribution in [0, 0.1) is 0 Å². The van der Waals surface area contributed by atoms with Crippen molar-refractivity contribution in [1.29, 1.82) is 0 Å². The SMILES string of the molecule is Cn1ncc(C(N)=NO)c1NC(=O)Nc1ccccc1Cl. The lowest BCUT2D eigenvalue weighted by molar-refractivity contribution is 0.262. The Morgan fingerprint density at radius 1 is 1.43 bits per heavy atom. The highest BCUT2D eigenvalue weighted by Gasteiger charge is 2.15. The molecule has 1 heterocycles. The highest BCUT2D eigenvalue weighted by molar-refractivity contribution is 6.33. The number of oxime groups is 1. The Hall–Kier alpha value is -2.74. The van der Waals surface area contributed by atoms with E-state index in [9.17, 15) is 4.79 Å². The molecule has 5 N–H and O–H groups in total. The van der Waals surface area contributed by atoms with E-state index < -0.39 is 6.03 Å². The average Bonchev–Trinajstić information content (AvgIpc) is 2.82. The van der Waals surface area contributed by atoms with Gasteiger partial charge in [0.1, 0.15) is 5.82 Å². The maximum Gasteiger partial charge on any atom is 0.324 e. The summed E-state index contributed by atoms with van der Waals surface area (Å²) in [6.07, 6.45) is 1.38. The number of hydrogen-bond donors (Lipinski definition) is 4. The first-order valence-electron chi connectivity index (χ1n) is 5.85. The molecule has 0 fully saturated rings. The Bertz CT molecular complexity index is 697. The predicted molar refractivity (Wildman–Crippen MR) is 79.8 cm³/mol. The summed E-state index contributed by atoms with van der Waals surface area (Å²) in [6.45, 7) is 0. The molecule has 0 aliphatic heterocycles. The van der Waals surface area contributed by atoms with Crippen molar-refractivity contribution in [2.45, 2.75) is 0 Å². The third-order valence-electron chi connectivity index (χ3n) is 2.68. The monoisotopic (exact) mass is 308 g/mol. The van der Waals surface area contributed by atoms with Crippen molar-refractivity contribution in [2.24, 2.45) is 17.9 Å². The van der Waals surface area contributed by atoms with Crippen molar-refractivity contribution in [3.8, 4) is 0 Å². The summed E-state index contributed by atoms with van der Waals surface area (Å²) in [5.74, 6) is 0.131. The van der Waals surface area contributed by atoms with Gasteiger partial charge < -0.3 is 16.3 Å². The first-order valence-corrected chi connectivity index (χ1v) is 6.23. The molecule has 21 heavy (non-hydrogen) atoms. The molecule has 0 saturated heterocycles. The molecule has 2 aromatic rings. The lowest BCUT2D eigenvalue weighted by Gasteiger charge is -2.10. The third kappa shape index (κ3) is 3.23. The fraction of sp³-hybridized carbons (Fsp3) is 0.0833. The van der Waals surface area contributed by atoms with Crippen molar-refractivity contribution in [3.05, 3.63) is 41.0 Å². The number of aromatic nitrogens is 2. The first kappa shape index (κ1) is 14.7. The van der Waals surface area contributed by atoms with E-state index in [0.717, 1.165) is 0 Å². The standard InChI is InChI=1S/C12H13ClN6O2/c1-19-11(7(6-15-19)10(14)18-21)17-12(20)16-9-5-3-2-4-8(9)13/h2-6,21H,1H3,(H2,14,18)(H2,16,17,20). The summed E-state index contributed by atoms with van der Waals surface area (Å²) in [5, 5.41) is 21.1. The topological polar surface area (TPSA) is 118 Å². The summed E-state index contributed by atoms with van der Waals surface area (Å²) in [4.78, 5) is 12.0. The van der Waals surface area contributed by atoms with Crippen LogP contribution in [0.1, 0.15) is 5.56 Å². The van der Waals surface area contributed by atoms with Gasteiger partial charge in [0.05, 0.1) is 22.5 Å². The molecule has 0 bridgehead atoms. The van der Waals surface area contributed by atoms with E-state index in [1.807, 2.05) is 0 Å². The molecule has 0 spiro atoms. The third-order valence-corrected chi connectivity index (χ3v) is 3.01. The summed E-state index contributed by atoms with van der Waals surface area (Å²) in [5.41, 5.74) is 6.28. The number of nitrogens with two attached hydrogens (primary N) is 1. The van der Waals surface area contributed by atoms with E-state index in [2.05, 4.69) is 20.9 Å². The van der Waals surface area contributed by atoms with E-state index in [-0.39, 0.29) is 11.7 Å². The van der Waals surface area contributed by atoms with Crippen LogP contribution in [0.25, 0.3) is 0 Å². The van der Waals surface area contributed by atoms with Crippen LogP contribution < -0.4 is 16.4 Å². The number of carbonyl (C=O) groups excluding carboxylic acids is 1. The number of carbonyl (C=O) groups is 1. The molecule has 0 atom stereocenters. The summed E-state index contributed by atoms with van der Waals surface area (Å²) in [7, 11) is 1.61. The molecule has 1 aromatic heterocycles. The lowest BCUT2D eigenvalue weighted by atomic mass is 10.3. The Morgan fingerprint density at radius 2 is 2.14 bits per heavy atom. The number of rotatable bonds is 3. The van der Waals surface area contributed by atoms with Gasteiger partial charge >= 0.3 is 6.03 Å². The van der Waals surface area contributed by atoms with Crippen LogP contribution in [0.2, 0.25) is 5.02 Å². The summed E-state index contributed by atoms with van der Waals surface area (Å²) < 4.78 is 1.39. The van der Waals surface area contributed by atoms with Crippen LogP contribution in [-0.4, -0.2) is 26.9 Å². The van der Waals surface area contributed by atoms with Gasteiger partial charge in [-0.3, -0.25) is 10.00 Å². The van der Waals surface area contributed by atoms with Crippen molar-refractivity contribution in [1.82, 2.24) is 9.78 Å². The van der Waals surface area contributed by atoms with Gasteiger partial charge in [0, 0.05) is 7.05 Å².